The number of aliphatic hydroxyl groups excluding tert-OH is 1. The van der Waals surface area contributed by atoms with Crippen LogP contribution in [0.5, 0.6) is 0 Å². The standard InChI is InChI=1S/C13H18O/c1-5-6-13(14)12-8-10(3)9(2)7-11(12)4/h6-8,14H,5H2,1-4H3/b13-6+. The zero-order chi connectivity index (χ0) is 10.7. The van der Waals surface area contributed by atoms with Crippen molar-refractivity contribution in [1.29, 1.82) is 0 Å². The van der Waals surface area contributed by atoms with Gasteiger partial charge in [0.2, 0.25) is 0 Å². The Bertz CT molecular complexity index is 362. The molecule has 14 heavy (non-hydrogen) atoms. The van der Waals surface area contributed by atoms with Crippen molar-refractivity contribution in [2.24, 2.45) is 0 Å². The third-order valence-corrected chi connectivity index (χ3v) is 2.51. The number of rotatable bonds is 2. The monoisotopic (exact) mass is 190 g/mol. The molecule has 1 aromatic carbocycles. The molecule has 0 radical (unpaired) electrons. The third-order valence-electron chi connectivity index (χ3n) is 2.51. The van der Waals surface area contributed by atoms with Crippen molar-refractivity contribution in [1.82, 2.24) is 0 Å². The lowest BCUT2D eigenvalue weighted by atomic mass is 9.99. The van der Waals surface area contributed by atoms with E-state index in [0.29, 0.717) is 5.76 Å². The molecule has 0 unspecified atom stereocenters. The van der Waals surface area contributed by atoms with Crippen LogP contribution in [0.3, 0.4) is 0 Å². The molecule has 0 aliphatic carbocycles. The van der Waals surface area contributed by atoms with E-state index >= 15 is 0 Å². The van der Waals surface area contributed by atoms with E-state index in [-0.39, 0.29) is 0 Å². The van der Waals surface area contributed by atoms with Crippen LogP contribution in [-0.4, -0.2) is 5.11 Å². The average molecular weight is 190 g/mol. The Morgan fingerprint density at radius 1 is 1.14 bits per heavy atom. The molecule has 1 rings (SSSR count). The van der Waals surface area contributed by atoms with Crippen molar-refractivity contribution >= 4 is 5.76 Å². The maximum atomic E-state index is 9.78. The van der Waals surface area contributed by atoms with Crippen molar-refractivity contribution in [3.63, 3.8) is 0 Å². The van der Waals surface area contributed by atoms with E-state index in [9.17, 15) is 5.11 Å². The van der Waals surface area contributed by atoms with Crippen LogP contribution in [0, 0.1) is 20.8 Å². The van der Waals surface area contributed by atoms with Crippen molar-refractivity contribution in [3.8, 4) is 0 Å². The van der Waals surface area contributed by atoms with Gasteiger partial charge in [0.15, 0.2) is 0 Å². The Hall–Kier alpha value is -1.24. The molecule has 1 N–H and O–H groups in total. The summed E-state index contributed by atoms with van der Waals surface area (Å²) in [7, 11) is 0. The highest BCUT2D eigenvalue weighted by Crippen LogP contribution is 2.21. The number of benzene rings is 1. The molecule has 0 aliphatic rings. The number of hydrogen-bond donors (Lipinski definition) is 1. The van der Waals surface area contributed by atoms with E-state index in [4.69, 9.17) is 0 Å². The Morgan fingerprint density at radius 3 is 2.29 bits per heavy atom. The van der Waals surface area contributed by atoms with Gasteiger partial charge in [-0.3, -0.25) is 0 Å². The second-order valence-corrected chi connectivity index (χ2v) is 3.75. The highest BCUT2D eigenvalue weighted by atomic mass is 16.3. The SMILES string of the molecule is CC/C=C(/O)c1cc(C)c(C)cc1C. The number of allylic oxidation sites excluding steroid dienone is 1. The predicted molar refractivity (Wildman–Crippen MR) is 61.5 cm³/mol. The lowest BCUT2D eigenvalue weighted by Gasteiger charge is -2.08. The van der Waals surface area contributed by atoms with E-state index in [2.05, 4.69) is 19.9 Å². The minimum atomic E-state index is 0.396. The van der Waals surface area contributed by atoms with Gasteiger partial charge in [0, 0.05) is 5.56 Å². The molecule has 76 valence electrons. The quantitative estimate of drug-likeness (QED) is 0.701. The van der Waals surface area contributed by atoms with E-state index in [1.807, 2.05) is 26.0 Å². The summed E-state index contributed by atoms with van der Waals surface area (Å²) in [5.74, 6) is 0.396. The summed E-state index contributed by atoms with van der Waals surface area (Å²) in [6, 6.07) is 4.16. The van der Waals surface area contributed by atoms with Gasteiger partial charge in [0.1, 0.15) is 5.76 Å². The van der Waals surface area contributed by atoms with Gasteiger partial charge in [-0.25, -0.2) is 0 Å². The van der Waals surface area contributed by atoms with E-state index in [1.54, 1.807) is 0 Å². The van der Waals surface area contributed by atoms with Gasteiger partial charge in [0.05, 0.1) is 0 Å². The largest absolute Gasteiger partial charge is 0.508 e. The Balaban J connectivity index is 3.22. The summed E-state index contributed by atoms with van der Waals surface area (Å²) in [4.78, 5) is 0. The number of aryl methyl sites for hydroxylation is 3. The van der Waals surface area contributed by atoms with Gasteiger partial charge in [0.25, 0.3) is 0 Å². The van der Waals surface area contributed by atoms with Crippen molar-refractivity contribution in [2.45, 2.75) is 34.1 Å². The molecule has 0 saturated carbocycles. The van der Waals surface area contributed by atoms with Crippen molar-refractivity contribution < 1.29 is 5.11 Å². The summed E-state index contributed by atoms with van der Waals surface area (Å²) < 4.78 is 0. The molecule has 0 spiro atoms. The Kier molecular flexibility index (Phi) is 3.34. The highest BCUT2D eigenvalue weighted by Gasteiger charge is 2.04. The Morgan fingerprint density at radius 2 is 1.71 bits per heavy atom. The summed E-state index contributed by atoms with van der Waals surface area (Å²) in [6.45, 7) is 8.21. The zero-order valence-electron chi connectivity index (χ0n) is 9.39. The topological polar surface area (TPSA) is 20.2 Å². The van der Waals surface area contributed by atoms with E-state index in [0.717, 1.165) is 17.5 Å². The molecule has 1 aromatic rings. The second-order valence-electron chi connectivity index (χ2n) is 3.75. The molecule has 0 fully saturated rings. The molecule has 1 heteroatoms. The predicted octanol–water partition coefficient (Wildman–Crippen LogP) is 3.92. The van der Waals surface area contributed by atoms with Crippen LogP contribution in [0.25, 0.3) is 5.76 Å². The first-order valence-electron chi connectivity index (χ1n) is 5.03. The molecule has 0 bridgehead atoms. The molecule has 0 heterocycles. The van der Waals surface area contributed by atoms with Gasteiger partial charge in [-0.1, -0.05) is 13.0 Å². The van der Waals surface area contributed by atoms with E-state index in [1.165, 1.54) is 11.1 Å². The fraction of sp³-hybridized carbons (Fsp3) is 0.385. The first-order valence-corrected chi connectivity index (χ1v) is 5.03. The Labute approximate surface area is 86.1 Å². The normalized spacial score (nSPS) is 11.9. The second kappa shape index (κ2) is 4.32. The molecule has 0 saturated heterocycles. The van der Waals surface area contributed by atoms with Crippen LogP contribution in [0.15, 0.2) is 18.2 Å². The fourth-order valence-electron chi connectivity index (χ4n) is 1.54. The van der Waals surface area contributed by atoms with Crippen molar-refractivity contribution in [2.75, 3.05) is 0 Å². The molecule has 0 aliphatic heterocycles. The molecule has 0 aromatic heterocycles. The minimum Gasteiger partial charge on any atom is -0.508 e. The van der Waals surface area contributed by atoms with Crippen LogP contribution in [0.1, 0.15) is 35.6 Å². The molecular weight excluding hydrogens is 172 g/mol. The lowest BCUT2D eigenvalue weighted by molar-refractivity contribution is 0.509. The summed E-state index contributed by atoms with van der Waals surface area (Å²) in [5, 5.41) is 9.78. The maximum absolute atomic E-state index is 9.78. The highest BCUT2D eigenvalue weighted by molar-refractivity contribution is 5.63. The number of aliphatic hydroxyl groups is 1. The first kappa shape index (κ1) is 10.8. The molecular formula is C13H18O. The van der Waals surface area contributed by atoms with Crippen LogP contribution in [0.4, 0.5) is 0 Å². The van der Waals surface area contributed by atoms with Crippen molar-refractivity contribution in [3.05, 3.63) is 40.5 Å². The maximum Gasteiger partial charge on any atom is 0.119 e. The van der Waals surface area contributed by atoms with Gasteiger partial charge in [-0.15, -0.1) is 0 Å². The minimum absolute atomic E-state index is 0.396. The molecule has 0 atom stereocenters. The number of hydrogen-bond acceptors (Lipinski definition) is 1. The summed E-state index contributed by atoms with van der Waals surface area (Å²) >= 11 is 0. The van der Waals surface area contributed by atoms with E-state index < -0.39 is 0 Å². The fourth-order valence-corrected chi connectivity index (χ4v) is 1.54. The van der Waals surface area contributed by atoms with Crippen LogP contribution in [-0.2, 0) is 0 Å². The van der Waals surface area contributed by atoms with Gasteiger partial charge >= 0.3 is 0 Å². The molecule has 0 amide bonds. The van der Waals surface area contributed by atoms with Gasteiger partial charge < -0.3 is 5.11 Å². The van der Waals surface area contributed by atoms with Crippen LogP contribution < -0.4 is 0 Å². The first-order chi connectivity index (χ1) is 6.56. The lowest BCUT2D eigenvalue weighted by Crippen LogP contribution is -1.92. The molecule has 1 nitrogen and oxygen atoms in total. The summed E-state index contributed by atoms with van der Waals surface area (Å²) in [5.41, 5.74) is 4.59. The van der Waals surface area contributed by atoms with Gasteiger partial charge in [-0.2, -0.15) is 0 Å². The smallest absolute Gasteiger partial charge is 0.119 e. The van der Waals surface area contributed by atoms with Crippen LogP contribution >= 0.6 is 0 Å². The van der Waals surface area contributed by atoms with Gasteiger partial charge in [-0.05, 0) is 56.0 Å². The third kappa shape index (κ3) is 2.16. The van der Waals surface area contributed by atoms with Crippen LogP contribution in [0.2, 0.25) is 0 Å². The average Bonchev–Trinajstić information content (AvgIpc) is 2.11. The zero-order valence-corrected chi connectivity index (χ0v) is 9.39. The summed E-state index contributed by atoms with van der Waals surface area (Å²) in [6.07, 6.45) is 2.70.